The lowest BCUT2D eigenvalue weighted by Gasteiger charge is -2.39. The first-order chi connectivity index (χ1) is 13.7. The fourth-order valence-corrected chi connectivity index (χ4v) is 4.84. The Morgan fingerprint density at radius 2 is 1.90 bits per heavy atom. The molecule has 10 nitrogen and oxygen atoms in total. The van der Waals surface area contributed by atoms with Gasteiger partial charge in [-0.1, -0.05) is 23.2 Å². The number of rotatable bonds is 5. The first-order valence-corrected chi connectivity index (χ1v) is 10.7. The summed E-state index contributed by atoms with van der Waals surface area (Å²) in [6.07, 6.45) is 3.51. The molecule has 0 aliphatic carbocycles. The third kappa shape index (κ3) is 4.93. The average molecular weight is 463 g/mol. The summed E-state index contributed by atoms with van der Waals surface area (Å²) in [7, 11) is -3.14. The maximum absolute atomic E-state index is 13.1. The molecule has 1 aliphatic rings. The van der Waals surface area contributed by atoms with E-state index in [9.17, 15) is 18.4 Å². The van der Waals surface area contributed by atoms with Crippen LogP contribution in [-0.4, -0.2) is 48.0 Å². The Kier molecular flexibility index (Phi) is 6.54. The maximum atomic E-state index is 13.1. The molecule has 1 aromatic carbocycles. The van der Waals surface area contributed by atoms with Crippen molar-refractivity contribution >= 4 is 50.8 Å². The molecule has 2 aromatic rings. The number of aromatic nitrogens is 2. The maximum Gasteiger partial charge on any atom is 0.326 e. The Morgan fingerprint density at radius 1 is 1.28 bits per heavy atom. The van der Waals surface area contributed by atoms with Gasteiger partial charge in [-0.15, -0.1) is 0 Å². The molecule has 13 heteroatoms. The Bertz CT molecular complexity index is 973. The van der Waals surface area contributed by atoms with Gasteiger partial charge >= 0.3 is 16.2 Å². The van der Waals surface area contributed by atoms with E-state index in [1.807, 2.05) is 0 Å². The van der Waals surface area contributed by atoms with Gasteiger partial charge in [-0.2, -0.15) is 13.5 Å². The standard InChI is InChI=1S/C16H18Cl2N5O5S/c1-21-10-15(9-19-21)22(14-2-4-28-5-3-14)29(26,27)23(25)16(24)20-13-7-11(17)6-12(18)8-13/h6-10,14H,2-5H2,1H3,(H,20,24)/q-1. The lowest BCUT2D eigenvalue weighted by Crippen LogP contribution is -2.51. The van der Waals surface area contributed by atoms with Crippen molar-refractivity contribution in [2.75, 3.05) is 22.8 Å². The predicted octanol–water partition coefficient (Wildman–Crippen LogP) is 2.99. The molecule has 3 rings (SSSR count). The van der Waals surface area contributed by atoms with E-state index in [2.05, 4.69) is 10.4 Å². The van der Waals surface area contributed by atoms with Crippen LogP contribution < -0.4 is 9.62 Å². The monoisotopic (exact) mass is 462 g/mol. The molecule has 1 N–H and O–H groups in total. The number of carbonyl (C=O) groups is 1. The number of ether oxygens (including phenoxy) is 1. The number of hydrogen-bond donors (Lipinski definition) is 1. The third-order valence-corrected chi connectivity index (χ3v) is 6.23. The molecule has 0 bridgehead atoms. The third-order valence-electron chi connectivity index (χ3n) is 4.21. The summed E-state index contributed by atoms with van der Waals surface area (Å²) in [6, 6.07) is 2.15. The molecular formula is C16H18Cl2N5O5S-. The molecule has 2 amide bonds. The van der Waals surface area contributed by atoms with E-state index in [0.29, 0.717) is 26.1 Å². The number of carbonyl (C=O) groups excluding carboxylic acids is 1. The molecule has 2 heterocycles. The van der Waals surface area contributed by atoms with Crippen LogP contribution in [0.1, 0.15) is 12.8 Å². The molecule has 1 aliphatic heterocycles. The molecular weight excluding hydrogens is 445 g/mol. The van der Waals surface area contributed by atoms with E-state index >= 15 is 0 Å². The lowest BCUT2D eigenvalue weighted by molar-refractivity contribution is 0.0874. The Hall–Kier alpha value is -2.05. The number of hydroxylamine groups is 1. The number of nitrogens with one attached hydrogen (secondary N) is 1. The minimum absolute atomic E-state index is 0.0857. The van der Waals surface area contributed by atoms with Crippen molar-refractivity contribution in [2.45, 2.75) is 18.9 Å². The summed E-state index contributed by atoms with van der Waals surface area (Å²) in [4.78, 5) is 12.4. The Balaban J connectivity index is 1.88. The first-order valence-electron chi connectivity index (χ1n) is 8.54. The quantitative estimate of drug-likeness (QED) is 0.681. The van der Waals surface area contributed by atoms with Gasteiger partial charge in [0.15, 0.2) is 0 Å². The van der Waals surface area contributed by atoms with Gasteiger partial charge in [0, 0.05) is 42.2 Å². The van der Waals surface area contributed by atoms with E-state index in [-0.39, 0.29) is 21.4 Å². The van der Waals surface area contributed by atoms with Crippen LogP contribution in [0.3, 0.4) is 0 Å². The number of benzene rings is 1. The highest BCUT2D eigenvalue weighted by Crippen LogP contribution is 2.28. The highest BCUT2D eigenvalue weighted by atomic mass is 35.5. The van der Waals surface area contributed by atoms with Crippen molar-refractivity contribution < 1.29 is 17.9 Å². The first kappa shape index (κ1) is 21.7. The molecule has 158 valence electrons. The molecule has 0 unspecified atom stereocenters. The van der Waals surface area contributed by atoms with Crippen molar-refractivity contribution in [3.05, 3.63) is 45.8 Å². The normalized spacial score (nSPS) is 15.2. The van der Waals surface area contributed by atoms with E-state index in [4.69, 9.17) is 27.9 Å². The summed E-state index contributed by atoms with van der Waals surface area (Å²) in [5, 5.41) is 19.1. The van der Waals surface area contributed by atoms with E-state index < -0.39 is 26.8 Å². The minimum Gasteiger partial charge on any atom is -0.740 e. The van der Waals surface area contributed by atoms with Crippen LogP contribution in [0.25, 0.3) is 0 Å². The van der Waals surface area contributed by atoms with Gasteiger partial charge in [0.1, 0.15) is 0 Å². The van der Waals surface area contributed by atoms with Crippen LogP contribution in [0.2, 0.25) is 10.0 Å². The summed E-state index contributed by atoms with van der Waals surface area (Å²) >= 11 is 11.7. The van der Waals surface area contributed by atoms with Gasteiger partial charge in [0.2, 0.25) is 0 Å². The van der Waals surface area contributed by atoms with E-state index in [1.165, 1.54) is 35.3 Å². The van der Waals surface area contributed by atoms with Crippen LogP contribution in [0, 0.1) is 5.21 Å². The SMILES string of the molecule is Cn1cc(N(C2CCOCC2)S(=O)(=O)N([O-])C(=O)Nc2cc(Cl)cc(Cl)c2)cn1. The number of aryl methyl sites for hydroxylation is 1. The number of amides is 2. The fourth-order valence-electron chi connectivity index (χ4n) is 2.95. The topological polar surface area (TPSA) is 120 Å². The average Bonchev–Trinajstić information content (AvgIpc) is 3.06. The van der Waals surface area contributed by atoms with Crippen LogP contribution in [-0.2, 0) is 22.0 Å². The van der Waals surface area contributed by atoms with Crippen LogP contribution >= 0.6 is 23.2 Å². The Morgan fingerprint density at radius 3 is 2.45 bits per heavy atom. The number of hydrogen-bond acceptors (Lipinski definition) is 6. The van der Waals surface area contributed by atoms with Crippen molar-refractivity contribution in [1.29, 1.82) is 0 Å². The molecule has 0 radical (unpaired) electrons. The summed E-state index contributed by atoms with van der Waals surface area (Å²) in [6.45, 7) is 0.673. The largest absolute Gasteiger partial charge is 0.740 e. The van der Waals surface area contributed by atoms with Crippen molar-refractivity contribution in [1.82, 2.24) is 14.2 Å². The van der Waals surface area contributed by atoms with Crippen LogP contribution in [0.15, 0.2) is 30.6 Å². The molecule has 1 aromatic heterocycles. The number of nitrogens with zero attached hydrogens (tertiary/aromatic N) is 4. The van der Waals surface area contributed by atoms with E-state index in [1.54, 1.807) is 7.05 Å². The minimum atomic E-state index is -4.76. The fraction of sp³-hybridized carbons (Fsp3) is 0.375. The predicted molar refractivity (Wildman–Crippen MR) is 109 cm³/mol. The summed E-state index contributed by atoms with van der Waals surface area (Å²) in [5.74, 6) is 0. The van der Waals surface area contributed by atoms with Crippen molar-refractivity contribution in [3.8, 4) is 0 Å². The second-order valence-electron chi connectivity index (χ2n) is 6.33. The van der Waals surface area contributed by atoms with Crippen molar-refractivity contribution in [2.24, 2.45) is 7.05 Å². The van der Waals surface area contributed by atoms with Gasteiger partial charge in [0.25, 0.3) is 0 Å². The number of urea groups is 1. The van der Waals surface area contributed by atoms with Gasteiger partial charge in [-0.3, -0.25) is 9.15 Å². The second kappa shape index (κ2) is 8.76. The van der Waals surface area contributed by atoms with Crippen molar-refractivity contribution in [3.63, 3.8) is 0 Å². The van der Waals surface area contributed by atoms with Crippen LogP contribution in [0.4, 0.5) is 16.2 Å². The molecule has 0 spiro atoms. The van der Waals surface area contributed by atoms with E-state index in [0.717, 1.165) is 4.31 Å². The molecule has 1 saturated heterocycles. The molecule has 1 fully saturated rings. The summed E-state index contributed by atoms with van der Waals surface area (Å²) in [5.41, 5.74) is 0.265. The van der Waals surface area contributed by atoms with Gasteiger partial charge in [0.05, 0.1) is 17.9 Å². The molecule has 29 heavy (non-hydrogen) atoms. The highest BCUT2D eigenvalue weighted by molar-refractivity contribution is 7.91. The zero-order chi connectivity index (χ0) is 21.2. The number of halogens is 2. The molecule has 0 atom stereocenters. The number of anilines is 2. The second-order valence-corrected chi connectivity index (χ2v) is 8.83. The smallest absolute Gasteiger partial charge is 0.326 e. The van der Waals surface area contributed by atoms with Gasteiger partial charge in [-0.25, -0.2) is 9.10 Å². The lowest BCUT2D eigenvalue weighted by atomic mass is 10.1. The molecule has 0 saturated carbocycles. The Labute approximate surface area is 177 Å². The van der Waals surface area contributed by atoms with Gasteiger partial charge in [-0.05, 0) is 31.0 Å². The summed E-state index contributed by atoms with van der Waals surface area (Å²) < 4.78 is 33.1. The highest BCUT2D eigenvalue weighted by Gasteiger charge is 2.35. The zero-order valence-electron chi connectivity index (χ0n) is 15.3. The zero-order valence-corrected chi connectivity index (χ0v) is 17.6. The van der Waals surface area contributed by atoms with Gasteiger partial charge < -0.3 is 15.3 Å². The van der Waals surface area contributed by atoms with Crippen LogP contribution in [0.5, 0.6) is 0 Å².